The molecular formula is C37H40F3N7O3. The summed E-state index contributed by atoms with van der Waals surface area (Å²) < 4.78 is 39.4. The molecule has 0 spiro atoms. The average Bonchev–Trinajstić information content (AvgIpc) is 3.55. The van der Waals surface area contributed by atoms with E-state index < -0.39 is 31.0 Å². The summed E-state index contributed by atoms with van der Waals surface area (Å²) in [7, 11) is 1.62. The van der Waals surface area contributed by atoms with Gasteiger partial charge in [-0.05, 0) is 53.8 Å². The van der Waals surface area contributed by atoms with E-state index in [0.717, 1.165) is 29.7 Å². The first-order valence-corrected chi connectivity index (χ1v) is 16.8. The quantitative estimate of drug-likeness (QED) is 0.266. The molecule has 50 heavy (non-hydrogen) atoms. The zero-order valence-corrected chi connectivity index (χ0v) is 27.9. The Bertz CT molecular complexity index is 1860. The summed E-state index contributed by atoms with van der Waals surface area (Å²) in [5, 5.41) is 7.41. The van der Waals surface area contributed by atoms with Crippen LogP contribution in [0.3, 0.4) is 0 Å². The molecule has 1 unspecified atom stereocenters. The Morgan fingerprint density at radius 1 is 0.920 bits per heavy atom. The molecular weight excluding hydrogens is 647 g/mol. The van der Waals surface area contributed by atoms with Crippen molar-refractivity contribution in [3.05, 3.63) is 107 Å². The fraction of sp³-hybridized carbons (Fsp3) is 0.378. The van der Waals surface area contributed by atoms with Gasteiger partial charge in [0.25, 0.3) is 5.91 Å². The lowest BCUT2D eigenvalue weighted by Crippen LogP contribution is -2.60. The van der Waals surface area contributed by atoms with Crippen LogP contribution < -0.4 is 5.32 Å². The normalized spacial score (nSPS) is 17.1. The van der Waals surface area contributed by atoms with E-state index in [1.807, 2.05) is 48.5 Å². The van der Waals surface area contributed by atoms with Crippen LogP contribution in [0.15, 0.2) is 79.0 Å². The minimum Gasteiger partial charge on any atom is -0.358 e. The molecule has 1 atom stereocenters. The van der Waals surface area contributed by atoms with Gasteiger partial charge < -0.3 is 15.1 Å². The summed E-state index contributed by atoms with van der Waals surface area (Å²) in [6.45, 7) is 2.75. The topological polar surface area (TPSA) is 103 Å². The Balaban J connectivity index is 1.07. The van der Waals surface area contributed by atoms with Crippen molar-refractivity contribution in [1.29, 1.82) is 0 Å². The Morgan fingerprint density at radius 2 is 1.70 bits per heavy atom. The van der Waals surface area contributed by atoms with E-state index >= 15 is 0 Å². The molecule has 0 bridgehead atoms. The smallest absolute Gasteiger partial charge is 0.358 e. The lowest BCUT2D eigenvalue weighted by atomic mass is 10.00. The van der Waals surface area contributed by atoms with Gasteiger partial charge in [0.2, 0.25) is 11.8 Å². The average molecular weight is 688 g/mol. The van der Waals surface area contributed by atoms with Crippen LogP contribution in [0.25, 0.3) is 11.2 Å². The summed E-state index contributed by atoms with van der Waals surface area (Å²) in [4.78, 5) is 48.7. The third-order valence-electron chi connectivity index (χ3n) is 9.36. The molecule has 1 N–H and O–H groups in total. The number of nitrogens with one attached hydrogen (secondary N) is 1. The zero-order chi connectivity index (χ0) is 35.3. The van der Waals surface area contributed by atoms with Crippen molar-refractivity contribution in [2.45, 2.75) is 44.3 Å². The monoisotopic (exact) mass is 687 g/mol. The van der Waals surface area contributed by atoms with E-state index in [9.17, 15) is 27.6 Å². The molecule has 6 rings (SSSR count). The summed E-state index contributed by atoms with van der Waals surface area (Å²) in [6, 6.07) is 20.9. The van der Waals surface area contributed by atoms with Crippen molar-refractivity contribution >= 4 is 28.9 Å². The molecule has 1 fully saturated rings. The Kier molecular flexibility index (Phi) is 10.6. The number of nitrogens with zero attached hydrogens (tertiary/aromatic N) is 6. The van der Waals surface area contributed by atoms with Crippen molar-refractivity contribution < 1.29 is 27.6 Å². The molecule has 262 valence electrons. The maximum absolute atomic E-state index is 13.5. The third-order valence-corrected chi connectivity index (χ3v) is 9.36. The number of halogens is 3. The SMILES string of the molecule is CNC(=O)C1CN(C(=O)c2ccc(Cc3nc4c(C5=CCN(C(=O)CCC(F)(F)F)CC5)cccn4n3)cc2)CCN1CCc1ccccc1. The summed E-state index contributed by atoms with van der Waals surface area (Å²) in [5.41, 5.74) is 5.17. The maximum Gasteiger partial charge on any atom is 0.389 e. The second-order valence-electron chi connectivity index (χ2n) is 12.7. The molecule has 2 aliphatic rings. The summed E-state index contributed by atoms with van der Waals surface area (Å²) in [6.07, 6.45) is -0.581. The maximum atomic E-state index is 13.5. The molecule has 0 saturated carbocycles. The molecule has 2 aliphatic heterocycles. The van der Waals surface area contributed by atoms with Gasteiger partial charge in [0, 0.05) is 76.5 Å². The highest BCUT2D eigenvalue weighted by Crippen LogP contribution is 2.27. The van der Waals surface area contributed by atoms with E-state index in [4.69, 9.17) is 4.98 Å². The van der Waals surface area contributed by atoms with Crippen LogP contribution >= 0.6 is 0 Å². The number of piperazine rings is 1. The number of benzene rings is 2. The standard InChI is InChI=1S/C37H40F3N7O3/c1-41-35(49)31-25-46(23-22-44(31)19-14-26-6-3-2-4-7-26)36(50)29-11-9-27(10-12-29)24-32-42-34-30(8-5-18-47(34)43-32)28-15-20-45(21-16-28)33(48)13-17-37(38,39)40/h2-12,15,18,31H,13-14,16-17,19-25H2,1H3,(H,41,49). The Morgan fingerprint density at radius 3 is 2.40 bits per heavy atom. The number of aromatic nitrogens is 3. The van der Waals surface area contributed by atoms with Crippen LogP contribution in [-0.2, 0) is 22.4 Å². The predicted molar refractivity (Wildman–Crippen MR) is 182 cm³/mol. The lowest BCUT2D eigenvalue weighted by Gasteiger charge is -2.40. The molecule has 0 aliphatic carbocycles. The zero-order valence-electron chi connectivity index (χ0n) is 27.9. The number of fused-ring (bicyclic) bond motifs is 1. The van der Waals surface area contributed by atoms with Gasteiger partial charge in [-0.3, -0.25) is 19.3 Å². The van der Waals surface area contributed by atoms with E-state index in [2.05, 4.69) is 27.4 Å². The molecule has 10 nitrogen and oxygen atoms in total. The minimum absolute atomic E-state index is 0.106. The van der Waals surface area contributed by atoms with Crippen LogP contribution in [0.4, 0.5) is 13.2 Å². The highest BCUT2D eigenvalue weighted by molar-refractivity contribution is 5.95. The number of alkyl halides is 3. The molecule has 13 heteroatoms. The number of likely N-dealkylation sites (N-methyl/N-ethyl adjacent to an activating group) is 1. The van der Waals surface area contributed by atoms with Crippen molar-refractivity contribution in [3.63, 3.8) is 0 Å². The highest BCUT2D eigenvalue weighted by atomic mass is 19.4. The van der Waals surface area contributed by atoms with Crippen LogP contribution in [0.1, 0.15) is 52.1 Å². The third kappa shape index (κ3) is 8.39. The number of rotatable bonds is 10. The van der Waals surface area contributed by atoms with Crippen molar-refractivity contribution in [2.75, 3.05) is 46.3 Å². The Hall–Kier alpha value is -5.04. The summed E-state index contributed by atoms with van der Waals surface area (Å²) in [5.74, 6) is -0.133. The van der Waals surface area contributed by atoms with Crippen molar-refractivity contribution in [1.82, 2.24) is 34.6 Å². The lowest BCUT2D eigenvalue weighted by molar-refractivity contribution is -0.148. The first-order valence-electron chi connectivity index (χ1n) is 16.8. The fourth-order valence-electron chi connectivity index (χ4n) is 6.56. The second kappa shape index (κ2) is 15.2. The predicted octanol–water partition coefficient (Wildman–Crippen LogP) is 4.39. The van der Waals surface area contributed by atoms with E-state index in [1.165, 1.54) is 10.5 Å². The van der Waals surface area contributed by atoms with Gasteiger partial charge in [-0.15, -0.1) is 0 Å². The molecule has 2 aromatic carbocycles. The number of hydrogen-bond donors (Lipinski definition) is 1. The van der Waals surface area contributed by atoms with Gasteiger partial charge in [-0.25, -0.2) is 9.50 Å². The van der Waals surface area contributed by atoms with Gasteiger partial charge in [0.15, 0.2) is 11.5 Å². The Labute approximate surface area is 288 Å². The van der Waals surface area contributed by atoms with Crippen LogP contribution in [-0.4, -0.2) is 106 Å². The van der Waals surface area contributed by atoms with Crippen LogP contribution in [0, 0.1) is 0 Å². The first-order chi connectivity index (χ1) is 24.1. The van der Waals surface area contributed by atoms with Gasteiger partial charge in [0.05, 0.1) is 6.42 Å². The van der Waals surface area contributed by atoms with E-state index in [0.29, 0.717) is 56.1 Å². The molecule has 1 saturated heterocycles. The molecule has 2 aromatic heterocycles. The highest BCUT2D eigenvalue weighted by Gasteiger charge is 2.34. The van der Waals surface area contributed by atoms with Crippen LogP contribution in [0.2, 0.25) is 0 Å². The van der Waals surface area contributed by atoms with Gasteiger partial charge >= 0.3 is 6.18 Å². The molecule has 0 radical (unpaired) electrons. The van der Waals surface area contributed by atoms with Crippen molar-refractivity contribution in [2.24, 2.45) is 0 Å². The number of hydrogen-bond acceptors (Lipinski definition) is 6. The molecule has 4 heterocycles. The number of carbonyl (C=O) groups is 3. The van der Waals surface area contributed by atoms with Crippen molar-refractivity contribution in [3.8, 4) is 0 Å². The van der Waals surface area contributed by atoms with Gasteiger partial charge in [0.1, 0.15) is 6.04 Å². The van der Waals surface area contributed by atoms with Gasteiger partial charge in [-0.1, -0.05) is 48.5 Å². The van der Waals surface area contributed by atoms with E-state index in [-0.39, 0.29) is 18.4 Å². The molecule has 4 aromatic rings. The summed E-state index contributed by atoms with van der Waals surface area (Å²) >= 11 is 0. The number of carbonyl (C=O) groups excluding carboxylic acids is 3. The van der Waals surface area contributed by atoms with E-state index in [1.54, 1.807) is 34.8 Å². The first kappa shape index (κ1) is 34.8. The second-order valence-corrected chi connectivity index (χ2v) is 12.7. The minimum atomic E-state index is -4.36. The molecule has 3 amide bonds. The van der Waals surface area contributed by atoms with Crippen LogP contribution in [0.5, 0.6) is 0 Å². The number of pyridine rings is 1. The fourth-order valence-corrected chi connectivity index (χ4v) is 6.56. The largest absolute Gasteiger partial charge is 0.389 e. The van der Waals surface area contributed by atoms with Gasteiger partial charge in [-0.2, -0.15) is 18.3 Å². The number of amides is 3.